The van der Waals surface area contributed by atoms with Gasteiger partial charge in [-0.25, -0.2) is 8.42 Å². The normalized spacial score (nSPS) is 16.3. The van der Waals surface area contributed by atoms with E-state index in [9.17, 15) is 8.42 Å². The molecule has 1 saturated heterocycles. The molecule has 0 atom stereocenters. The average molecular weight is 461 g/mol. The van der Waals surface area contributed by atoms with Crippen LogP contribution in [0.3, 0.4) is 0 Å². The summed E-state index contributed by atoms with van der Waals surface area (Å²) in [4.78, 5) is 5.09. The Morgan fingerprint density at radius 3 is 2.19 bits per heavy atom. The van der Waals surface area contributed by atoms with Crippen molar-refractivity contribution in [1.29, 1.82) is 0 Å². The zero-order valence-electron chi connectivity index (χ0n) is 17.4. The molecule has 0 saturated carbocycles. The van der Waals surface area contributed by atoms with Crippen LogP contribution in [0.4, 0.5) is 0 Å². The van der Waals surface area contributed by atoms with Gasteiger partial charge in [-0.3, -0.25) is 9.80 Å². The molecule has 1 aliphatic rings. The fourth-order valence-electron chi connectivity index (χ4n) is 3.73. The Kier molecular flexibility index (Phi) is 6.66. The summed E-state index contributed by atoms with van der Waals surface area (Å²) in [6.45, 7) is 5.44. The topological polar surface area (TPSA) is 84.2 Å². The summed E-state index contributed by atoms with van der Waals surface area (Å²) in [6.07, 6.45) is 2.26. The third-order valence-corrected chi connectivity index (χ3v) is 6.79. The average Bonchev–Trinajstić information content (AvgIpc) is 3.09. The van der Waals surface area contributed by atoms with E-state index in [1.807, 2.05) is 12.1 Å². The van der Waals surface area contributed by atoms with Crippen LogP contribution in [-0.4, -0.2) is 70.9 Å². The van der Waals surface area contributed by atoms with Crippen molar-refractivity contribution in [2.45, 2.75) is 24.4 Å². The Labute approximate surface area is 187 Å². The number of tetrazole rings is 1. The van der Waals surface area contributed by atoms with Crippen molar-refractivity contribution in [3.8, 4) is 5.69 Å². The minimum atomic E-state index is -3.24. The van der Waals surface area contributed by atoms with Crippen LogP contribution in [0.2, 0.25) is 5.02 Å². The van der Waals surface area contributed by atoms with E-state index in [0.717, 1.165) is 55.7 Å². The van der Waals surface area contributed by atoms with Gasteiger partial charge < -0.3 is 0 Å². The molecule has 4 rings (SSSR count). The van der Waals surface area contributed by atoms with E-state index < -0.39 is 9.84 Å². The Balaban J connectivity index is 1.39. The molecule has 2 heterocycles. The van der Waals surface area contributed by atoms with Crippen LogP contribution >= 0.6 is 11.6 Å². The lowest BCUT2D eigenvalue weighted by molar-refractivity contribution is 0.242. The number of halogens is 1. The summed E-state index contributed by atoms with van der Waals surface area (Å²) in [7, 11) is -3.24. The number of nitrogens with zero attached hydrogens (tertiary/aromatic N) is 6. The van der Waals surface area contributed by atoms with Gasteiger partial charge >= 0.3 is 0 Å². The molecule has 0 unspecified atom stereocenters. The molecule has 0 amide bonds. The molecule has 1 aromatic heterocycles. The maximum Gasteiger partial charge on any atom is 0.175 e. The Morgan fingerprint density at radius 2 is 1.55 bits per heavy atom. The number of benzene rings is 2. The maximum atomic E-state index is 11.7. The fourth-order valence-corrected chi connectivity index (χ4v) is 4.48. The first-order chi connectivity index (χ1) is 14.9. The number of sulfone groups is 1. The van der Waals surface area contributed by atoms with Crippen LogP contribution in [0.1, 0.15) is 17.8 Å². The van der Waals surface area contributed by atoms with Gasteiger partial charge in [0.05, 0.1) is 17.1 Å². The first-order valence-electron chi connectivity index (χ1n) is 10.2. The van der Waals surface area contributed by atoms with E-state index in [1.54, 1.807) is 28.9 Å². The molecule has 8 nitrogen and oxygen atoms in total. The summed E-state index contributed by atoms with van der Waals surface area (Å²) in [5, 5.41) is 12.9. The minimum absolute atomic E-state index is 0.277. The van der Waals surface area contributed by atoms with Gasteiger partial charge in [0.2, 0.25) is 0 Å². The highest BCUT2D eigenvalue weighted by atomic mass is 35.5. The molecule has 0 radical (unpaired) electrons. The molecule has 31 heavy (non-hydrogen) atoms. The lowest BCUT2D eigenvalue weighted by Gasteiger charge is -2.21. The Morgan fingerprint density at radius 1 is 0.903 bits per heavy atom. The van der Waals surface area contributed by atoms with Gasteiger partial charge in [-0.05, 0) is 71.9 Å². The number of hydrogen-bond acceptors (Lipinski definition) is 7. The van der Waals surface area contributed by atoms with Crippen molar-refractivity contribution in [1.82, 2.24) is 30.0 Å². The summed E-state index contributed by atoms with van der Waals surface area (Å²) in [5.41, 5.74) is 2.01. The molecule has 0 N–H and O–H groups in total. The van der Waals surface area contributed by atoms with Gasteiger partial charge in [-0.15, -0.1) is 5.10 Å². The van der Waals surface area contributed by atoms with E-state index in [1.165, 1.54) is 11.8 Å². The van der Waals surface area contributed by atoms with Crippen LogP contribution in [0.25, 0.3) is 5.69 Å². The molecule has 10 heteroatoms. The molecular weight excluding hydrogens is 436 g/mol. The molecule has 1 fully saturated rings. The van der Waals surface area contributed by atoms with Gasteiger partial charge in [0.1, 0.15) is 0 Å². The molecule has 2 aromatic carbocycles. The quantitative estimate of drug-likeness (QED) is 0.558. The van der Waals surface area contributed by atoms with Crippen molar-refractivity contribution in [3.63, 3.8) is 0 Å². The molecular formula is C21H25ClN6O2S. The summed E-state index contributed by atoms with van der Waals surface area (Å²) < 4.78 is 25.0. The van der Waals surface area contributed by atoms with E-state index in [0.29, 0.717) is 6.54 Å². The van der Waals surface area contributed by atoms with Crippen molar-refractivity contribution in [2.24, 2.45) is 0 Å². The lowest BCUT2D eigenvalue weighted by atomic mass is 10.2. The maximum absolute atomic E-state index is 11.7. The molecule has 1 aliphatic heterocycles. The number of aromatic nitrogens is 4. The molecule has 3 aromatic rings. The van der Waals surface area contributed by atoms with Crippen molar-refractivity contribution >= 4 is 21.4 Å². The Hall–Kier alpha value is -2.33. The molecule has 0 aliphatic carbocycles. The van der Waals surface area contributed by atoms with Gasteiger partial charge in [0.15, 0.2) is 15.7 Å². The second-order valence-corrected chi connectivity index (χ2v) is 10.3. The number of hydrogen-bond donors (Lipinski definition) is 0. The van der Waals surface area contributed by atoms with Gasteiger partial charge in [-0.1, -0.05) is 23.7 Å². The van der Waals surface area contributed by atoms with Gasteiger partial charge in [0.25, 0.3) is 0 Å². The first-order valence-corrected chi connectivity index (χ1v) is 12.4. The van der Waals surface area contributed by atoms with Crippen molar-refractivity contribution in [3.05, 3.63) is 64.9 Å². The van der Waals surface area contributed by atoms with Crippen LogP contribution in [0.5, 0.6) is 0 Å². The van der Waals surface area contributed by atoms with Gasteiger partial charge in [0, 0.05) is 30.9 Å². The SMILES string of the molecule is CS(=O)(=O)c1ccc(-n2nnnc2CN2CCCN(Cc3ccc(Cl)cc3)CC2)cc1. The van der Waals surface area contributed by atoms with Crippen LogP contribution < -0.4 is 0 Å². The van der Waals surface area contributed by atoms with Crippen LogP contribution in [0, 0.1) is 0 Å². The van der Waals surface area contributed by atoms with E-state index in [4.69, 9.17) is 11.6 Å². The lowest BCUT2D eigenvalue weighted by Crippen LogP contribution is -2.31. The second kappa shape index (κ2) is 9.44. The fraction of sp³-hybridized carbons (Fsp3) is 0.381. The molecule has 164 valence electrons. The summed E-state index contributed by atoms with van der Waals surface area (Å²) in [5.74, 6) is 0.734. The molecule has 0 spiro atoms. The second-order valence-electron chi connectivity index (χ2n) is 7.81. The standard InChI is InChI=1S/C21H25ClN6O2S/c1-31(29,30)20-9-7-19(8-10-20)28-21(23-24-25-28)16-27-12-2-11-26(13-14-27)15-17-3-5-18(22)6-4-17/h3-10H,2,11-16H2,1H3. The highest BCUT2D eigenvalue weighted by Gasteiger charge is 2.18. The monoisotopic (exact) mass is 460 g/mol. The predicted molar refractivity (Wildman–Crippen MR) is 119 cm³/mol. The summed E-state index contributed by atoms with van der Waals surface area (Å²) in [6, 6.07) is 14.6. The largest absolute Gasteiger partial charge is 0.298 e. The van der Waals surface area contributed by atoms with Crippen LogP contribution in [-0.2, 0) is 22.9 Å². The smallest absolute Gasteiger partial charge is 0.175 e. The first kappa shape index (κ1) is 21.9. The summed E-state index contributed by atoms with van der Waals surface area (Å²) >= 11 is 5.99. The zero-order valence-corrected chi connectivity index (χ0v) is 18.9. The molecule has 0 bridgehead atoms. The number of rotatable bonds is 6. The van der Waals surface area contributed by atoms with Crippen molar-refractivity contribution < 1.29 is 8.42 Å². The Bertz CT molecular complexity index is 1120. The predicted octanol–water partition coefficient (Wildman–Crippen LogP) is 2.43. The highest BCUT2D eigenvalue weighted by molar-refractivity contribution is 7.90. The minimum Gasteiger partial charge on any atom is -0.298 e. The van der Waals surface area contributed by atoms with Gasteiger partial charge in [-0.2, -0.15) is 4.68 Å². The zero-order chi connectivity index (χ0) is 21.8. The van der Waals surface area contributed by atoms with E-state index in [-0.39, 0.29) is 4.90 Å². The van der Waals surface area contributed by atoms with Crippen LogP contribution in [0.15, 0.2) is 53.4 Å². The third kappa shape index (κ3) is 5.68. The third-order valence-electron chi connectivity index (χ3n) is 5.41. The van der Waals surface area contributed by atoms with E-state index >= 15 is 0 Å². The van der Waals surface area contributed by atoms with E-state index in [2.05, 4.69) is 37.5 Å². The van der Waals surface area contributed by atoms with Crippen molar-refractivity contribution in [2.75, 3.05) is 32.4 Å². The highest BCUT2D eigenvalue weighted by Crippen LogP contribution is 2.16.